The van der Waals surface area contributed by atoms with Crippen LogP contribution < -0.4 is 4.74 Å². The average Bonchev–Trinajstić information content (AvgIpc) is 2.52. The van der Waals surface area contributed by atoms with Gasteiger partial charge in [0.1, 0.15) is 11.4 Å². The number of fused-ring (bicyclic) bond motifs is 1. The Morgan fingerprint density at radius 3 is 2.60 bits per heavy atom. The number of carboxylic acid groups (broad SMARTS) is 1. The molecule has 0 saturated carbocycles. The number of hydrogen-bond acceptors (Lipinski definition) is 2. The molecule has 1 aliphatic heterocycles. The summed E-state index contributed by atoms with van der Waals surface area (Å²) in [5.74, 6) is 6.02. The van der Waals surface area contributed by atoms with Crippen molar-refractivity contribution in [1.82, 2.24) is 0 Å². The minimum atomic E-state index is -1.14. The maximum Gasteiger partial charge on any atom is 0.326 e. The van der Waals surface area contributed by atoms with Crippen molar-refractivity contribution in [2.75, 3.05) is 0 Å². The first kappa shape index (κ1) is 17.4. The third-order valence-corrected chi connectivity index (χ3v) is 4.84. The number of carboxylic acids is 1. The third-order valence-electron chi connectivity index (χ3n) is 4.84. The van der Waals surface area contributed by atoms with Gasteiger partial charge in [0.2, 0.25) is 0 Å². The van der Waals surface area contributed by atoms with Gasteiger partial charge in [-0.2, -0.15) is 0 Å². The molecule has 3 rings (SSSR count). The molecule has 130 valence electrons. The van der Waals surface area contributed by atoms with Crippen LogP contribution in [0.25, 0.3) is 0 Å². The van der Waals surface area contributed by atoms with E-state index in [1.165, 1.54) is 0 Å². The van der Waals surface area contributed by atoms with Crippen molar-refractivity contribution in [3.8, 4) is 17.6 Å². The molecule has 0 saturated heterocycles. The SMILES string of the molecule is CC1(C)CC(C)(C)c2cc(C#CC3(C(=O)O)C=CC=CC3)ccc2O1. The summed E-state index contributed by atoms with van der Waals surface area (Å²) in [6.07, 6.45) is 8.41. The molecule has 0 radical (unpaired) electrons. The second kappa shape index (κ2) is 5.81. The second-order valence-electron chi connectivity index (χ2n) is 8.15. The molecule has 3 heteroatoms. The Balaban J connectivity index is 1.98. The maximum atomic E-state index is 11.7. The summed E-state index contributed by atoms with van der Waals surface area (Å²) in [5, 5.41) is 9.59. The quantitative estimate of drug-likeness (QED) is 0.770. The molecule has 0 fully saturated rings. The van der Waals surface area contributed by atoms with E-state index in [0.29, 0.717) is 6.42 Å². The van der Waals surface area contributed by atoms with Crippen LogP contribution in [0.15, 0.2) is 42.5 Å². The van der Waals surface area contributed by atoms with Crippen LogP contribution in [0.5, 0.6) is 5.75 Å². The van der Waals surface area contributed by atoms with E-state index >= 15 is 0 Å². The van der Waals surface area contributed by atoms with Gasteiger partial charge in [-0.15, -0.1) is 0 Å². The zero-order valence-corrected chi connectivity index (χ0v) is 15.2. The van der Waals surface area contributed by atoms with Crippen molar-refractivity contribution in [3.63, 3.8) is 0 Å². The van der Waals surface area contributed by atoms with Crippen LogP contribution in [-0.2, 0) is 10.2 Å². The Morgan fingerprint density at radius 2 is 1.96 bits per heavy atom. The Hall–Kier alpha value is -2.47. The Labute approximate surface area is 149 Å². The fourth-order valence-electron chi connectivity index (χ4n) is 3.83. The summed E-state index contributed by atoms with van der Waals surface area (Å²) in [6, 6.07) is 5.89. The van der Waals surface area contributed by atoms with E-state index in [2.05, 4.69) is 39.5 Å². The Bertz CT molecular complexity index is 831. The Kier molecular flexibility index (Phi) is 4.03. The number of benzene rings is 1. The number of allylic oxidation sites excluding steroid dienone is 3. The molecule has 1 aromatic rings. The predicted molar refractivity (Wildman–Crippen MR) is 98.6 cm³/mol. The van der Waals surface area contributed by atoms with E-state index < -0.39 is 11.4 Å². The van der Waals surface area contributed by atoms with Crippen molar-refractivity contribution in [2.24, 2.45) is 5.41 Å². The highest BCUT2D eigenvalue weighted by Crippen LogP contribution is 2.44. The van der Waals surface area contributed by atoms with E-state index in [1.54, 1.807) is 12.2 Å². The first-order chi connectivity index (χ1) is 11.6. The normalized spacial score (nSPS) is 25.3. The molecule has 0 bridgehead atoms. The summed E-state index contributed by atoms with van der Waals surface area (Å²) in [5.41, 5.74) is 0.586. The minimum absolute atomic E-state index is 0.0211. The van der Waals surface area contributed by atoms with Gasteiger partial charge in [0, 0.05) is 11.1 Å². The number of carbonyl (C=O) groups is 1. The van der Waals surface area contributed by atoms with E-state index in [1.807, 2.05) is 30.4 Å². The number of hydrogen-bond donors (Lipinski definition) is 1. The summed E-state index contributed by atoms with van der Waals surface area (Å²) in [4.78, 5) is 11.7. The molecular weight excluding hydrogens is 312 g/mol. The lowest BCUT2D eigenvalue weighted by Gasteiger charge is -2.42. The standard InChI is InChI=1S/C22H24O3/c1-20(2)15-21(3,4)25-18-9-8-16(14-17(18)20)10-13-22(19(23)24)11-6-5-7-12-22/h5-9,11,14H,12,15H2,1-4H3,(H,23,24). The van der Waals surface area contributed by atoms with Gasteiger partial charge in [0.25, 0.3) is 0 Å². The molecule has 1 unspecified atom stereocenters. The first-order valence-electron chi connectivity index (χ1n) is 8.58. The molecule has 0 spiro atoms. The highest BCUT2D eigenvalue weighted by Gasteiger charge is 2.39. The van der Waals surface area contributed by atoms with Crippen LogP contribution in [-0.4, -0.2) is 16.7 Å². The molecule has 25 heavy (non-hydrogen) atoms. The van der Waals surface area contributed by atoms with Gasteiger partial charge in [0.05, 0.1) is 0 Å². The summed E-state index contributed by atoms with van der Waals surface area (Å²) in [6.45, 7) is 8.62. The molecule has 1 aliphatic carbocycles. The van der Waals surface area contributed by atoms with Crippen molar-refractivity contribution in [1.29, 1.82) is 0 Å². The molecule has 0 amide bonds. The number of aliphatic carboxylic acids is 1. The molecule has 0 aromatic heterocycles. The minimum Gasteiger partial charge on any atom is -0.488 e. The van der Waals surface area contributed by atoms with E-state index in [0.717, 1.165) is 23.3 Å². The maximum absolute atomic E-state index is 11.7. The van der Waals surface area contributed by atoms with E-state index in [4.69, 9.17) is 4.74 Å². The monoisotopic (exact) mass is 336 g/mol. The van der Waals surface area contributed by atoms with Crippen LogP contribution in [0.4, 0.5) is 0 Å². The molecule has 1 heterocycles. The highest BCUT2D eigenvalue weighted by molar-refractivity contribution is 5.82. The van der Waals surface area contributed by atoms with Crippen LogP contribution in [0.2, 0.25) is 0 Å². The summed E-state index contributed by atoms with van der Waals surface area (Å²) in [7, 11) is 0. The molecule has 1 N–H and O–H groups in total. The van der Waals surface area contributed by atoms with Crippen molar-refractivity contribution < 1.29 is 14.6 Å². The van der Waals surface area contributed by atoms with Crippen molar-refractivity contribution in [2.45, 2.75) is 51.6 Å². The fraction of sp³-hybridized carbons (Fsp3) is 0.409. The molecule has 3 nitrogen and oxygen atoms in total. The topological polar surface area (TPSA) is 46.5 Å². The van der Waals surface area contributed by atoms with Gasteiger partial charge in [-0.05, 0) is 50.3 Å². The van der Waals surface area contributed by atoms with Gasteiger partial charge in [-0.25, -0.2) is 0 Å². The van der Waals surface area contributed by atoms with Gasteiger partial charge in [-0.3, -0.25) is 4.79 Å². The van der Waals surface area contributed by atoms with Gasteiger partial charge in [-0.1, -0.05) is 50.0 Å². The summed E-state index contributed by atoms with van der Waals surface area (Å²) >= 11 is 0. The van der Waals surface area contributed by atoms with E-state index in [9.17, 15) is 9.90 Å². The van der Waals surface area contributed by atoms with Crippen molar-refractivity contribution >= 4 is 5.97 Å². The Morgan fingerprint density at radius 1 is 1.20 bits per heavy atom. The van der Waals surface area contributed by atoms with Gasteiger partial charge < -0.3 is 9.84 Å². The van der Waals surface area contributed by atoms with Gasteiger partial charge >= 0.3 is 5.97 Å². The van der Waals surface area contributed by atoms with Crippen LogP contribution in [0, 0.1) is 17.3 Å². The summed E-state index contributed by atoms with van der Waals surface area (Å²) < 4.78 is 6.10. The average molecular weight is 336 g/mol. The molecule has 2 aliphatic rings. The first-order valence-corrected chi connectivity index (χ1v) is 8.58. The van der Waals surface area contributed by atoms with Crippen molar-refractivity contribution in [3.05, 3.63) is 53.6 Å². The van der Waals surface area contributed by atoms with Crippen LogP contribution >= 0.6 is 0 Å². The molecule has 1 atom stereocenters. The lowest BCUT2D eigenvalue weighted by atomic mass is 9.73. The third kappa shape index (κ3) is 3.35. The number of rotatable bonds is 1. The lowest BCUT2D eigenvalue weighted by molar-refractivity contribution is -0.143. The smallest absolute Gasteiger partial charge is 0.326 e. The van der Waals surface area contributed by atoms with E-state index in [-0.39, 0.29) is 11.0 Å². The number of ether oxygens (including phenoxy) is 1. The van der Waals surface area contributed by atoms with Gasteiger partial charge in [0.15, 0.2) is 5.41 Å². The highest BCUT2D eigenvalue weighted by atomic mass is 16.5. The molecular formula is C22H24O3. The lowest BCUT2D eigenvalue weighted by Crippen LogP contribution is -2.41. The fourth-order valence-corrected chi connectivity index (χ4v) is 3.83. The largest absolute Gasteiger partial charge is 0.488 e. The van der Waals surface area contributed by atoms with Crippen LogP contribution in [0.1, 0.15) is 51.7 Å². The molecule has 1 aromatic carbocycles. The predicted octanol–water partition coefficient (Wildman–Crippen LogP) is 4.46. The zero-order valence-electron chi connectivity index (χ0n) is 15.2. The second-order valence-corrected chi connectivity index (χ2v) is 8.15. The zero-order chi connectivity index (χ0) is 18.3. The van der Waals surface area contributed by atoms with Crippen LogP contribution in [0.3, 0.4) is 0 Å².